The molecule has 1 aliphatic heterocycles. The summed E-state index contributed by atoms with van der Waals surface area (Å²) in [6.07, 6.45) is 4.67. The largest absolute Gasteiger partial charge is 0.376 e. The number of halogens is 1. The van der Waals surface area contributed by atoms with Crippen molar-refractivity contribution >= 4 is 21.9 Å². The van der Waals surface area contributed by atoms with Crippen molar-refractivity contribution in [3.05, 3.63) is 34.3 Å². The van der Waals surface area contributed by atoms with E-state index in [1.54, 1.807) is 0 Å². The summed E-state index contributed by atoms with van der Waals surface area (Å²) in [6.45, 7) is 4.59. The summed E-state index contributed by atoms with van der Waals surface area (Å²) >= 11 is 3.52. The molecule has 0 bridgehead atoms. The number of hydrogen-bond donors (Lipinski definition) is 2. The Hall–Kier alpha value is -1.07. The SMILES string of the molecule is CCC(CN=C(N)NCC1CCCO1)Cc1cccc(Br)c1. The molecule has 3 N–H and O–H groups in total. The van der Waals surface area contributed by atoms with Gasteiger partial charge >= 0.3 is 0 Å². The van der Waals surface area contributed by atoms with Gasteiger partial charge in [-0.15, -0.1) is 0 Å². The Morgan fingerprint density at radius 1 is 1.55 bits per heavy atom. The Morgan fingerprint density at radius 3 is 3.09 bits per heavy atom. The van der Waals surface area contributed by atoms with Crippen LogP contribution < -0.4 is 11.1 Å². The molecule has 2 atom stereocenters. The van der Waals surface area contributed by atoms with Gasteiger partial charge in [0.15, 0.2) is 5.96 Å². The Morgan fingerprint density at radius 2 is 2.41 bits per heavy atom. The van der Waals surface area contributed by atoms with Crippen LogP contribution in [0, 0.1) is 5.92 Å². The molecular weight excluding hydrogens is 342 g/mol. The average molecular weight is 368 g/mol. The van der Waals surface area contributed by atoms with Crippen molar-refractivity contribution in [2.24, 2.45) is 16.6 Å². The molecule has 5 heteroatoms. The molecule has 0 aromatic heterocycles. The lowest BCUT2D eigenvalue weighted by Gasteiger charge is -2.14. The second-order valence-electron chi connectivity index (χ2n) is 5.85. The van der Waals surface area contributed by atoms with E-state index in [0.29, 0.717) is 11.9 Å². The lowest BCUT2D eigenvalue weighted by molar-refractivity contribution is 0.114. The Labute approximate surface area is 141 Å². The van der Waals surface area contributed by atoms with E-state index >= 15 is 0 Å². The van der Waals surface area contributed by atoms with Gasteiger partial charge in [0.25, 0.3) is 0 Å². The quantitative estimate of drug-likeness (QED) is 0.574. The molecule has 0 aliphatic carbocycles. The average Bonchev–Trinajstić information content (AvgIpc) is 3.03. The fourth-order valence-corrected chi connectivity index (χ4v) is 3.09. The molecule has 0 spiro atoms. The molecule has 0 radical (unpaired) electrons. The van der Waals surface area contributed by atoms with Crippen LogP contribution in [0.3, 0.4) is 0 Å². The van der Waals surface area contributed by atoms with Crippen LogP contribution in [0.2, 0.25) is 0 Å². The molecule has 4 nitrogen and oxygen atoms in total. The van der Waals surface area contributed by atoms with E-state index in [9.17, 15) is 0 Å². The van der Waals surface area contributed by atoms with Crippen LogP contribution in [0.4, 0.5) is 0 Å². The molecule has 1 aromatic rings. The second-order valence-corrected chi connectivity index (χ2v) is 6.77. The van der Waals surface area contributed by atoms with Crippen molar-refractivity contribution in [3.63, 3.8) is 0 Å². The zero-order valence-electron chi connectivity index (χ0n) is 13.2. The van der Waals surface area contributed by atoms with E-state index in [0.717, 1.165) is 49.9 Å². The van der Waals surface area contributed by atoms with Crippen LogP contribution >= 0.6 is 15.9 Å². The van der Waals surface area contributed by atoms with Crippen molar-refractivity contribution in [3.8, 4) is 0 Å². The van der Waals surface area contributed by atoms with Crippen LogP contribution in [0.15, 0.2) is 33.7 Å². The topological polar surface area (TPSA) is 59.6 Å². The molecule has 1 aromatic carbocycles. The number of benzene rings is 1. The van der Waals surface area contributed by atoms with Gasteiger partial charge in [0.2, 0.25) is 0 Å². The number of rotatable bonds is 7. The summed E-state index contributed by atoms with van der Waals surface area (Å²) in [7, 11) is 0. The van der Waals surface area contributed by atoms with Gasteiger partial charge in [-0.3, -0.25) is 4.99 Å². The van der Waals surface area contributed by atoms with Gasteiger partial charge in [0.05, 0.1) is 6.10 Å². The molecule has 0 amide bonds. The van der Waals surface area contributed by atoms with E-state index < -0.39 is 0 Å². The van der Waals surface area contributed by atoms with E-state index in [2.05, 4.69) is 57.4 Å². The van der Waals surface area contributed by atoms with Crippen LogP contribution in [0.1, 0.15) is 31.7 Å². The summed E-state index contributed by atoms with van der Waals surface area (Å²) in [5.74, 6) is 1.04. The monoisotopic (exact) mass is 367 g/mol. The molecule has 0 saturated carbocycles. The molecule has 2 rings (SSSR count). The number of nitrogens with two attached hydrogens (primary N) is 1. The maximum atomic E-state index is 5.95. The molecule has 1 aliphatic rings. The molecule has 1 heterocycles. The van der Waals surface area contributed by atoms with E-state index in [1.807, 2.05) is 0 Å². The van der Waals surface area contributed by atoms with E-state index in [-0.39, 0.29) is 6.10 Å². The maximum absolute atomic E-state index is 5.95. The highest BCUT2D eigenvalue weighted by molar-refractivity contribution is 9.10. The standard InChI is InChI=1S/C17H26BrN3O/c1-2-13(9-14-5-3-6-15(18)10-14)11-20-17(19)21-12-16-7-4-8-22-16/h3,5-6,10,13,16H,2,4,7-9,11-12H2,1H3,(H3,19,20,21). The van der Waals surface area contributed by atoms with Gasteiger partial charge in [0, 0.05) is 24.2 Å². The third-order valence-electron chi connectivity index (χ3n) is 4.05. The number of aliphatic imine (C=N–C) groups is 1. The first-order valence-corrected chi connectivity index (χ1v) is 8.86. The van der Waals surface area contributed by atoms with Gasteiger partial charge in [-0.25, -0.2) is 0 Å². The summed E-state index contributed by atoms with van der Waals surface area (Å²) < 4.78 is 6.69. The van der Waals surface area contributed by atoms with Gasteiger partial charge in [-0.1, -0.05) is 41.4 Å². The summed E-state index contributed by atoms with van der Waals surface area (Å²) in [4.78, 5) is 4.49. The van der Waals surface area contributed by atoms with Gasteiger partial charge in [0.1, 0.15) is 0 Å². The Bertz CT molecular complexity index is 487. The molecule has 1 fully saturated rings. The summed E-state index contributed by atoms with van der Waals surface area (Å²) in [6, 6.07) is 8.46. The number of hydrogen-bond acceptors (Lipinski definition) is 2. The molecule has 1 saturated heterocycles. The third-order valence-corrected chi connectivity index (χ3v) is 4.54. The van der Waals surface area contributed by atoms with Crippen molar-refractivity contribution in [1.82, 2.24) is 5.32 Å². The lowest BCUT2D eigenvalue weighted by atomic mass is 9.97. The highest BCUT2D eigenvalue weighted by Gasteiger charge is 2.15. The van der Waals surface area contributed by atoms with Crippen LogP contribution in [-0.4, -0.2) is 31.8 Å². The lowest BCUT2D eigenvalue weighted by Crippen LogP contribution is -2.37. The summed E-state index contributed by atoms with van der Waals surface area (Å²) in [5.41, 5.74) is 7.28. The Balaban J connectivity index is 1.77. The second kappa shape index (κ2) is 9.16. The van der Waals surface area contributed by atoms with Crippen LogP contribution in [-0.2, 0) is 11.2 Å². The summed E-state index contributed by atoms with van der Waals surface area (Å²) in [5, 5.41) is 3.17. The highest BCUT2D eigenvalue weighted by atomic mass is 79.9. The predicted molar refractivity (Wildman–Crippen MR) is 95.1 cm³/mol. The van der Waals surface area contributed by atoms with Gasteiger partial charge in [-0.05, 0) is 42.9 Å². The van der Waals surface area contributed by atoms with Crippen LogP contribution in [0.5, 0.6) is 0 Å². The smallest absolute Gasteiger partial charge is 0.188 e. The first-order valence-electron chi connectivity index (χ1n) is 8.07. The fourth-order valence-electron chi connectivity index (χ4n) is 2.64. The normalized spacial score (nSPS) is 20.1. The predicted octanol–water partition coefficient (Wildman–Crippen LogP) is 3.10. The van der Waals surface area contributed by atoms with Crippen LogP contribution in [0.25, 0.3) is 0 Å². The van der Waals surface area contributed by atoms with Crippen molar-refractivity contribution in [1.29, 1.82) is 0 Å². The van der Waals surface area contributed by atoms with E-state index in [4.69, 9.17) is 10.5 Å². The molecular formula is C17H26BrN3O. The molecule has 2 unspecified atom stereocenters. The van der Waals surface area contributed by atoms with Gasteiger partial charge < -0.3 is 15.8 Å². The zero-order valence-corrected chi connectivity index (χ0v) is 14.8. The molecule has 22 heavy (non-hydrogen) atoms. The van der Waals surface area contributed by atoms with Gasteiger partial charge in [-0.2, -0.15) is 0 Å². The molecule has 122 valence electrons. The zero-order chi connectivity index (χ0) is 15.8. The number of nitrogens with zero attached hydrogens (tertiary/aromatic N) is 1. The minimum Gasteiger partial charge on any atom is -0.376 e. The van der Waals surface area contributed by atoms with Crippen molar-refractivity contribution in [2.75, 3.05) is 19.7 Å². The maximum Gasteiger partial charge on any atom is 0.188 e. The fraction of sp³-hybridized carbons (Fsp3) is 0.588. The van der Waals surface area contributed by atoms with Crippen molar-refractivity contribution < 1.29 is 4.74 Å². The number of ether oxygens (including phenoxy) is 1. The minimum absolute atomic E-state index is 0.289. The van der Waals surface area contributed by atoms with Crippen molar-refractivity contribution in [2.45, 2.75) is 38.7 Å². The Kier molecular flexibility index (Phi) is 7.19. The third kappa shape index (κ3) is 5.97. The highest BCUT2D eigenvalue weighted by Crippen LogP contribution is 2.17. The minimum atomic E-state index is 0.289. The number of guanidine groups is 1. The first-order chi connectivity index (χ1) is 10.7. The van der Waals surface area contributed by atoms with E-state index in [1.165, 1.54) is 5.56 Å². The first kappa shape index (κ1) is 17.3. The number of nitrogens with one attached hydrogen (secondary N) is 1.